The van der Waals surface area contributed by atoms with Gasteiger partial charge in [-0.2, -0.15) is 0 Å². The number of halogens is 1. The number of nitrogens with one attached hydrogen (secondary N) is 2. The summed E-state index contributed by atoms with van der Waals surface area (Å²) >= 11 is 0. The maximum Gasteiger partial charge on any atom is 0.224 e. The van der Waals surface area contributed by atoms with E-state index < -0.39 is 0 Å². The Labute approximate surface area is 139 Å². The van der Waals surface area contributed by atoms with Crippen LogP contribution in [0.1, 0.15) is 57.4 Å². The molecule has 22 heavy (non-hydrogen) atoms. The first-order chi connectivity index (χ1) is 10.1. The van der Waals surface area contributed by atoms with E-state index in [1.54, 1.807) is 0 Å². The van der Waals surface area contributed by atoms with E-state index in [1.165, 1.54) is 18.4 Å². The molecule has 2 atom stereocenters. The van der Waals surface area contributed by atoms with Gasteiger partial charge >= 0.3 is 0 Å². The molecule has 2 bridgehead atoms. The summed E-state index contributed by atoms with van der Waals surface area (Å²) in [6.45, 7) is 4.32. The van der Waals surface area contributed by atoms with E-state index in [1.807, 2.05) is 18.2 Å². The molecule has 2 fully saturated rings. The first-order valence-electron chi connectivity index (χ1n) is 8.26. The fraction of sp³-hybridized carbons (Fsp3) is 0.611. The van der Waals surface area contributed by atoms with Gasteiger partial charge in [0.15, 0.2) is 0 Å². The third-order valence-electron chi connectivity index (χ3n) is 4.90. The molecule has 1 amide bonds. The highest BCUT2D eigenvalue weighted by atomic mass is 35.5. The van der Waals surface area contributed by atoms with Gasteiger partial charge < -0.3 is 10.6 Å². The largest absolute Gasteiger partial charge is 0.326 e. The van der Waals surface area contributed by atoms with Crippen molar-refractivity contribution in [2.45, 2.75) is 64.0 Å². The molecule has 0 aromatic heterocycles. The summed E-state index contributed by atoms with van der Waals surface area (Å²) in [6.07, 6.45) is 5.57. The molecule has 2 saturated heterocycles. The Morgan fingerprint density at radius 3 is 2.50 bits per heavy atom. The van der Waals surface area contributed by atoms with Crippen LogP contribution in [0.2, 0.25) is 0 Å². The molecule has 1 aromatic carbocycles. The molecule has 0 aliphatic carbocycles. The van der Waals surface area contributed by atoms with Crippen LogP contribution in [0, 0.1) is 5.92 Å². The quantitative estimate of drug-likeness (QED) is 0.876. The fourth-order valence-electron chi connectivity index (χ4n) is 3.92. The molecule has 2 aliphatic heterocycles. The van der Waals surface area contributed by atoms with E-state index in [0.29, 0.717) is 30.3 Å². The molecule has 2 aliphatic rings. The van der Waals surface area contributed by atoms with Crippen molar-refractivity contribution in [2.24, 2.45) is 5.92 Å². The smallest absolute Gasteiger partial charge is 0.224 e. The Bertz CT molecular complexity index is 506. The lowest BCUT2D eigenvalue weighted by Gasteiger charge is -2.28. The van der Waals surface area contributed by atoms with Crippen molar-refractivity contribution < 1.29 is 4.79 Å². The van der Waals surface area contributed by atoms with E-state index in [0.717, 1.165) is 18.5 Å². The second-order valence-electron chi connectivity index (χ2n) is 6.97. The molecule has 122 valence electrons. The zero-order valence-corrected chi connectivity index (χ0v) is 14.3. The van der Waals surface area contributed by atoms with Crippen molar-refractivity contribution in [3.8, 4) is 0 Å². The summed E-state index contributed by atoms with van der Waals surface area (Å²) in [5.41, 5.74) is 2.20. The Kier molecular flexibility index (Phi) is 5.87. The predicted octanol–water partition coefficient (Wildman–Crippen LogP) is 4.09. The highest BCUT2D eigenvalue weighted by molar-refractivity contribution is 5.91. The van der Waals surface area contributed by atoms with Gasteiger partial charge in [-0.15, -0.1) is 12.4 Å². The van der Waals surface area contributed by atoms with E-state index in [-0.39, 0.29) is 18.3 Å². The zero-order chi connectivity index (χ0) is 14.8. The number of hydrogen-bond donors (Lipinski definition) is 2. The highest BCUT2D eigenvalue weighted by Gasteiger charge is 2.34. The Hall–Kier alpha value is -1.06. The number of anilines is 1. The number of benzene rings is 1. The monoisotopic (exact) mass is 322 g/mol. The SMILES string of the molecule is CC(C)c1ccccc1NC(=O)CC1CC2CCC(C1)N2.Cl. The van der Waals surface area contributed by atoms with E-state index in [4.69, 9.17) is 0 Å². The molecule has 3 rings (SSSR count). The molecule has 4 heteroatoms. The first kappa shape index (κ1) is 17.3. The standard InChI is InChI=1S/C18H26N2O.ClH/c1-12(2)16-5-3-4-6-17(16)20-18(21)11-13-9-14-7-8-15(10-13)19-14;/h3-6,12-15,19H,7-11H2,1-2H3,(H,20,21);1H. The van der Waals surface area contributed by atoms with Crippen LogP contribution in [0.5, 0.6) is 0 Å². The number of rotatable bonds is 4. The average Bonchev–Trinajstić information content (AvgIpc) is 2.78. The van der Waals surface area contributed by atoms with Crippen molar-refractivity contribution in [3.05, 3.63) is 29.8 Å². The fourth-order valence-corrected chi connectivity index (χ4v) is 3.92. The number of para-hydroxylation sites is 1. The Morgan fingerprint density at radius 2 is 1.86 bits per heavy atom. The summed E-state index contributed by atoms with van der Waals surface area (Å²) in [6, 6.07) is 9.46. The lowest BCUT2D eigenvalue weighted by atomic mass is 9.89. The molecular weight excluding hydrogens is 296 g/mol. The number of carbonyl (C=O) groups is 1. The van der Waals surface area contributed by atoms with Crippen molar-refractivity contribution in [1.82, 2.24) is 5.32 Å². The number of hydrogen-bond acceptors (Lipinski definition) is 2. The van der Waals surface area contributed by atoms with Gasteiger partial charge in [0.05, 0.1) is 0 Å². The van der Waals surface area contributed by atoms with Gasteiger partial charge in [-0.3, -0.25) is 4.79 Å². The summed E-state index contributed by atoms with van der Waals surface area (Å²) in [4.78, 5) is 12.4. The minimum Gasteiger partial charge on any atom is -0.326 e. The number of amides is 1. The highest BCUT2D eigenvalue weighted by Crippen LogP contribution is 2.33. The third kappa shape index (κ3) is 4.02. The molecule has 2 heterocycles. The Morgan fingerprint density at radius 1 is 1.23 bits per heavy atom. The van der Waals surface area contributed by atoms with Crippen LogP contribution in [0.3, 0.4) is 0 Å². The molecular formula is C18H27ClN2O. The third-order valence-corrected chi connectivity index (χ3v) is 4.90. The molecule has 0 saturated carbocycles. The lowest BCUT2D eigenvalue weighted by Crippen LogP contribution is -2.39. The molecule has 0 spiro atoms. The van der Waals surface area contributed by atoms with Gasteiger partial charge in [0.1, 0.15) is 0 Å². The van der Waals surface area contributed by atoms with E-state index in [9.17, 15) is 4.79 Å². The summed E-state index contributed by atoms with van der Waals surface area (Å²) in [5.74, 6) is 1.15. The molecule has 1 aromatic rings. The van der Waals surface area contributed by atoms with Crippen molar-refractivity contribution >= 4 is 24.0 Å². The molecule has 0 radical (unpaired) electrons. The first-order valence-corrected chi connectivity index (χ1v) is 8.26. The zero-order valence-electron chi connectivity index (χ0n) is 13.5. The van der Waals surface area contributed by atoms with Crippen molar-refractivity contribution in [1.29, 1.82) is 0 Å². The normalized spacial score (nSPS) is 26.6. The van der Waals surface area contributed by atoms with E-state index >= 15 is 0 Å². The number of carbonyl (C=O) groups excluding carboxylic acids is 1. The van der Waals surface area contributed by atoms with Gasteiger partial charge in [-0.1, -0.05) is 32.0 Å². The molecule has 3 nitrogen and oxygen atoms in total. The van der Waals surface area contributed by atoms with Crippen LogP contribution >= 0.6 is 12.4 Å². The van der Waals surface area contributed by atoms with Crippen LogP contribution in [-0.2, 0) is 4.79 Å². The van der Waals surface area contributed by atoms with Crippen LogP contribution in [0.15, 0.2) is 24.3 Å². The molecule has 2 N–H and O–H groups in total. The van der Waals surface area contributed by atoms with Crippen LogP contribution in [-0.4, -0.2) is 18.0 Å². The minimum absolute atomic E-state index is 0. The van der Waals surface area contributed by atoms with Gasteiger partial charge in [0, 0.05) is 24.2 Å². The Balaban J connectivity index is 0.00000176. The van der Waals surface area contributed by atoms with Gasteiger partial charge in [0.25, 0.3) is 0 Å². The number of fused-ring (bicyclic) bond motifs is 2. The van der Waals surface area contributed by atoms with Gasteiger partial charge in [-0.05, 0) is 49.1 Å². The second kappa shape index (κ2) is 7.47. The van der Waals surface area contributed by atoms with Gasteiger partial charge in [-0.25, -0.2) is 0 Å². The van der Waals surface area contributed by atoms with Crippen molar-refractivity contribution in [3.63, 3.8) is 0 Å². The number of piperidine rings is 1. The summed E-state index contributed by atoms with van der Waals surface area (Å²) in [5, 5.41) is 6.77. The van der Waals surface area contributed by atoms with Gasteiger partial charge in [0.2, 0.25) is 5.91 Å². The van der Waals surface area contributed by atoms with Crippen LogP contribution in [0.25, 0.3) is 0 Å². The predicted molar refractivity (Wildman–Crippen MR) is 93.7 cm³/mol. The second-order valence-corrected chi connectivity index (χ2v) is 6.97. The maximum atomic E-state index is 12.4. The summed E-state index contributed by atoms with van der Waals surface area (Å²) < 4.78 is 0. The minimum atomic E-state index is 0. The lowest BCUT2D eigenvalue weighted by molar-refractivity contribution is -0.117. The van der Waals surface area contributed by atoms with E-state index in [2.05, 4.69) is 30.5 Å². The van der Waals surface area contributed by atoms with Crippen molar-refractivity contribution in [2.75, 3.05) is 5.32 Å². The maximum absolute atomic E-state index is 12.4. The summed E-state index contributed by atoms with van der Waals surface area (Å²) in [7, 11) is 0. The van der Waals surface area contributed by atoms with Crippen LogP contribution in [0.4, 0.5) is 5.69 Å². The topological polar surface area (TPSA) is 41.1 Å². The molecule has 2 unspecified atom stereocenters. The average molecular weight is 323 g/mol. The van der Waals surface area contributed by atoms with Crippen LogP contribution < -0.4 is 10.6 Å².